The molecule has 0 unspecified atom stereocenters. The molecule has 0 aliphatic rings. The Hall–Kier alpha value is -8.04. The Morgan fingerprint density at radius 1 is 0.403 bits per heavy atom. The maximum atomic E-state index is 17.4. The van der Waals surface area contributed by atoms with E-state index >= 15 is 4.39 Å². The minimum Gasteiger partial charge on any atom is -0.310 e. The zero-order valence-corrected chi connectivity index (χ0v) is 34.2. The molecule has 0 radical (unpaired) electrons. The van der Waals surface area contributed by atoms with Crippen molar-refractivity contribution >= 4 is 87.2 Å². The SMILES string of the molecule is N#Cc1ccc(N(c2ccc3c(c2)c2ccccc2c2c4ccc(N(c5ccccc5)c5ccccc5)cc4sc32)c2c(F)cc(-c3ccccc3)cc2-c2ccccc2)cc1. The minimum atomic E-state index is -0.352. The molecule has 3 nitrogen and oxygen atoms in total. The third-order valence-corrected chi connectivity index (χ3v) is 12.9. The number of fused-ring (bicyclic) bond motifs is 8. The zero-order valence-electron chi connectivity index (χ0n) is 33.4. The van der Waals surface area contributed by atoms with E-state index in [2.05, 4.69) is 126 Å². The maximum absolute atomic E-state index is 17.4. The molecule has 0 aliphatic carbocycles. The lowest BCUT2D eigenvalue weighted by molar-refractivity contribution is 0.630. The number of halogens is 1. The molecule has 0 bridgehead atoms. The summed E-state index contributed by atoms with van der Waals surface area (Å²) in [6.07, 6.45) is 0. The Morgan fingerprint density at radius 3 is 1.58 bits per heavy atom. The molecule has 0 spiro atoms. The molecular formula is C57H36FN3S. The van der Waals surface area contributed by atoms with Crippen LogP contribution in [0.15, 0.2) is 218 Å². The lowest BCUT2D eigenvalue weighted by Crippen LogP contribution is -2.13. The second kappa shape index (κ2) is 15.5. The van der Waals surface area contributed by atoms with E-state index in [1.807, 2.05) is 101 Å². The summed E-state index contributed by atoms with van der Waals surface area (Å²) >= 11 is 1.81. The highest BCUT2D eigenvalue weighted by Crippen LogP contribution is 2.49. The summed E-state index contributed by atoms with van der Waals surface area (Å²) in [5.74, 6) is -0.352. The maximum Gasteiger partial charge on any atom is 0.148 e. The van der Waals surface area contributed by atoms with E-state index in [-0.39, 0.29) is 5.82 Å². The summed E-state index contributed by atoms with van der Waals surface area (Å²) in [6, 6.07) is 76.3. The Balaban J connectivity index is 1.14. The fourth-order valence-corrected chi connectivity index (χ4v) is 10.2. The molecule has 1 aromatic heterocycles. The Labute approximate surface area is 363 Å². The molecule has 11 aromatic rings. The normalized spacial score (nSPS) is 11.3. The van der Waals surface area contributed by atoms with E-state index in [0.29, 0.717) is 11.3 Å². The van der Waals surface area contributed by atoms with Crippen molar-refractivity contribution in [1.82, 2.24) is 0 Å². The molecule has 5 heteroatoms. The summed E-state index contributed by atoms with van der Waals surface area (Å²) in [6.45, 7) is 0. The number of hydrogen-bond donors (Lipinski definition) is 0. The first-order valence-electron chi connectivity index (χ1n) is 20.6. The van der Waals surface area contributed by atoms with Crippen LogP contribution in [0.3, 0.4) is 0 Å². The molecule has 0 saturated heterocycles. The van der Waals surface area contributed by atoms with Gasteiger partial charge in [0.05, 0.1) is 17.3 Å². The first-order chi connectivity index (χ1) is 30.6. The lowest BCUT2D eigenvalue weighted by Gasteiger charge is -2.29. The number of anilines is 6. The van der Waals surface area contributed by atoms with Crippen LogP contribution < -0.4 is 9.80 Å². The van der Waals surface area contributed by atoms with E-state index in [1.165, 1.54) is 25.6 Å². The second-order valence-electron chi connectivity index (χ2n) is 15.3. The lowest BCUT2D eigenvalue weighted by atomic mass is 9.94. The van der Waals surface area contributed by atoms with Crippen LogP contribution in [-0.2, 0) is 0 Å². The van der Waals surface area contributed by atoms with Gasteiger partial charge in [-0.3, -0.25) is 0 Å². The van der Waals surface area contributed by atoms with Crippen LogP contribution in [-0.4, -0.2) is 0 Å². The number of rotatable bonds is 8. The van der Waals surface area contributed by atoms with E-state index in [0.717, 1.165) is 66.8 Å². The summed E-state index contributed by atoms with van der Waals surface area (Å²) in [4.78, 5) is 4.31. The first-order valence-corrected chi connectivity index (χ1v) is 21.4. The largest absolute Gasteiger partial charge is 0.310 e. The van der Waals surface area contributed by atoms with Crippen molar-refractivity contribution in [2.75, 3.05) is 9.80 Å². The second-order valence-corrected chi connectivity index (χ2v) is 16.4. The third-order valence-electron chi connectivity index (χ3n) is 11.7. The number of para-hydroxylation sites is 2. The monoisotopic (exact) mass is 813 g/mol. The van der Waals surface area contributed by atoms with Crippen molar-refractivity contribution in [3.63, 3.8) is 0 Å². The minimum absolute atomic E-state index is 0.352. The van der Waals surface area contributed by atoms with Gasteiger partial charge in [-0.2, -0.15) is 5.26 Å². The van der Waals surface area contributed by atoms with Crippen LogP contribution in [0, 0.1) is 17.1 Å². The van der Waals surface area contributed by atoms with Crippen LogP contribution in [0.2, 0.25) is 0 Å². The van der Waals surface area contributed by atoms with Crippen molar-refractivity contribution in [2.45, 2.75) is 0 Å². The number of benzene rings is 10. The van der Waals surface area contributed by atoms with Crippen molar-refractivity contribution in [3.05, 3.63) is 230 Å². The van der Waals surface area contributed by atoms with Crippen LogP contribution in [0.5, 0.6) is 0 Å². The van der Waals surface area contributed by atoms with Gasteiger partial charge in [-0.15, -0.1) is 11.3 Å². The van der Waals surface area contributed by atoms with Crippen molar-refractivity contribution < 1.29 is 4.39 Å². The number of hydrogen-bond acceptors (Lipinski definition) is 4. The molecule has 0 fully saturated rings. The summed E-state index contributed by atoms with van der Waals surface area (Å²) in [7, 11) is 0. The van der Waals surface area contributed by atoms with E-state index in [1.54, 1.807) is 18.2 Å². The Kier molecular flexibility index (Phi) is 9.27. The Bertz CT molecular complexity index is 3430. The molecule has 292 valence electrons. The molecule has 0 N–H and O–H groups in total. The number of nitrogens with zero attached hydrogens (tertiary/aromatic N) is 3. The molecule has 10 aromatic carbocycles. The van der Waals surface area contributed by atoms with Gasteiger partial charge in [0.2, 0.25) is 0 Å². The standard InChI is InChI=1S/C57H36FN3S/c58-53-34-41(39-15-5-1-6-16-39)33-51(40-17-7-2-8-18-40)56(53)61(44-27-25-38(37-59)26-28-44)45-29-31-49-52(35-45)47-23-13-14-24-48(47)55-50-32-30-46(36-54(50)62-57(49)55)60(42-19-9-3-10-20-42)43-21-11-4-12-22-43/h1-36H. The van der Waals surface area contributed by atoms with Gasteiger partial charge in [-0.1, -0.05) is 133 Å². The van der Waals surface area contributed by atoms with Gasteiger partial charge in [-0.25, -0.2) is 4.39 Å². The predicted octanol–water partition coefficient (Wildman–Crippen LogP) is 16.6. The molecule has 0 atom stereocenters. The van der Waals surface area contributed by atoms with Crippen molar-refractivity contribution in [2.24, 2.45) is 0 Å². The topological polar surface area (TPSA) is 30.3 Å². The van der Waals surface area contributed by atoms with Crippen molar-refractivity contribution in [1.29, 1.82) is 5.26 Å². The van der Waals surface area contributed by atoms with Crippen LogP contribution in [0.4, 0.5) is 38.5 Å². The van der Waals surface area contributed by atoms with Gasteiger partial charge >= 0.3 is 0 Å². The van der Waals surface area contributed by atoms with Crippen LogP contribution >= 0.6 is 11.3 Å². The van der Waals surface area contributed by atoms with E-state index in [4.69, 9.17) is 0 Å². The third kappa shape index (κ3) is 6.42. The summed E-state index contributed by atoms with van der Waals surface area (Å²) < 4.78 is 19.8. The average Bonchev–Trinajstić information content (AvgIpc) is 3.73. The molecule has 0 aliphatic heterocycles. The number of thiophene rings is 1. The van der Waals surface area contributed by atoms with E-state index in [9.17, 15) is 5.26 Å². The highest BCUT2D eigenvalue weighted by atomic mass is 32.1. The molecule has 0 amide bonds. The fraction of sp³-hybridized carbons (Fsp3) is 0. The predicted molar refractivity (Wildman–Crippen MR) is 259 cm³/mol. The van der Waals surface area contributed by atoms with Gasteiger partial charge in [0.15, 0.2) is 0 Å². The van der Waals surface area contributed by atoms with Gasteiger partial charge < -0.3 is 9.80 Å². The molecule has 11 rings (SSSR count). The molecular weight excluding hydrogens is 778 g/mol. The highest BCUT2D eigenvalue weighted by Gasteiger charge is 2.25. The molecule has 62 heavy (non-hydrogen) atoms. The van der Waals surface area contributed by atoms with Crippen LogP contribution in [0.1, 0.15) is 5.56 Å². The average molecular weight is 814 g/mol. The fourth-order valence-electron chi connectivity index (χ4n) is 8.86. The summed E-state index contributed by atoms with van der Waals surface area (Å²) in [5.41, 5.74) is 9.17. The molecule has 1 heterocycles. The van der Waals surface area contributed by atoms with Gasteiger partial charge in [0, 0.05) is 59.6 Å². The van der Waals surface area contributed by atoms with E-state index < -0.39 is 0 Å². The van der Waals surface area contributed by atoms with Crippen LogP contribution in [0.25, 0.3) is 64.0 Å². The highest BCUT2D eigenvalue weighted by molar-refractivity contribution is 7.27. The number of nitriles is 1. The van der Waals surface area contributed by atoms with Gasteiger partial charge in [0.25, 0.3) is 0 Å². The molecule has 0 saturated carbocycles. The zero-order chi connectivity index (χ0) is 41.6. The van der Waals surface area contributed by atoms with Gasteiger partial charge in [0.1, 0.15) is 5.82 Å². The summed E-state index contributed by atoms with van der Waals surface area (Å²) in [5, 5.41) is 16.7. The Morgan fingerprint density at radius 2 is 0.935 bits per heavy atom. The van der Waals surface area contributed by atoms with Crippen molar-refractivity contribution in [3.8, 4) is 28.3 Å². The first kappa shape index (κ1) is 37.0. The van der Waals surface area contributed by atoms with Gasteiger partial charge in [-0.05, 0) is 118 Å². The smallest absolute Gasteiger partial charge is 0.148 e. The quantitative estimate of drug-likeness (QED) is 0.143.